The molecule has 0 fully saturated rings. The van der Waals surface area contributed by atoms with E-state index in [1.54, 1.807) is 11.8 Å². The van der Waals surface area contributed by atoms with Crippen molar-refractivity contribution in [2.75, 3.05) is 12.4 Å². The van der Waals surface area contributed by atoms with Gasteiger partial charge in [0, 0.05) is 17.0 Å². The molecule has 0 bridgehead atoms. The fourth-order valence-electron chi connectivity index (χ4n) is 4.12. The maximum atomic E-state index is 13.5. The molecular weight excluding hydrogens is 414 g/mol. The molecule has 164 valence electrons. The normalized spacial score (nSPS) is 17.1. The highest BCUT2D eigenvalue weighted by atomic mass is 16.5. The number of amides is 1. The quantitative estimate of drug-likeness (QED) is 0.481. The van der Waals surface area contributed by atoms with Gasteiger partial charge in [-0.25, -0.2) is 9.67 Å². The topological polar surface area (TPSA) is 81.4 Å². The smallest absolute Gasteiger partial charge is 0.248 e. The van der Waals surface area contributed by atoms with Crippen LogP contribution in [0.5, 0.6) is 5.75 Å². The van der Waals surface area contributed by atoms with Crippen LogP contribution in [0.2, 0.25) is 0 Å². The maximum Gasteiger partial charge on any atom is 0.248 e. The number of carbonyl (C=O) groups excluding carboxylic acids is 1. The molecule has 0 spiro atoms. The fourth-order valence-corrected chi connectivity index (χ4v) is 4.12. The molecule has 7 heteroatoms. The van der Waals surface area contributed by atoms with Crippen molar-refractivity contribution in [3.8, 4) is 17.1 Å². The molecule has 0 aliphatic carbocycles. The number of anilines is 1. The molecular formula is C26H23N5O2. The molecule has 1 aliphatic heterocycles. The minimum atomic E-state index is -0.574. The van der Waals surface area contributed by atoms with Crippen molar-refractivity contribution in [3.63, 3.8) is 0 Å². The summed E-state index contributed by atoms with van der Waals surface area (Å²) in [6.45, 7) is 1.86. The van der Waals surface area contributed by atoms with Crippen LogP contribution in [0.1, 0.15) is 18.5 Å². The molecule has 1 N–H and O–H groups in total. The van der Waals surface area contributed by atoms with Crippen molar-refractivity contribution < 1.29 is 9.53 Å². The van der Waals surface area contributed by atoms with Crippen molar-refractivity contribution in [1.29, 1.82) is 0 Å². The second kappa shape index (κ2) is 8.70. The van der Waals surface area contributed by atoms with Gasteiger partial charge in [-0.15, -0.1) is 5.10 Å². The third-order valence-corrected chi connectivity index (χ3v) is 5.71. The van der Waals surface area contributed by atoms with E-state index >= 15 is 0 Å². The summed E-state index contributed by atoms with van der Waals surface area (Å²) < 4.78 is 7.20. The van der Waals surface area contributed by atoms with Crippen molar-refractivity contribution >= 4 is 23.3 Å². The number of benzene rings is 3. The molecule has 2 atom stereocenters. The van der Waals surface area contributed by atoms with Gasteiger partial charge in [-0.3, -0.25) is 4.79 Å². The molecule has 0 saturated carbocycles. The number of methoxy groups -OCH3 is 1. The molecule has 4 aromatic rings. The Bertz CT molecular complexity index is 1320. The summed E-state index contributed by atoms with van der Waals surface area (Å²) in [5, 5.41) is 7.81. The molecule has 33 heavy (non-hydrogen) atoms. The van der Waals surface area contributed by atoms with Gasteiger partial charge in [0.2, 0.25) is 11.9 Å². The van der Waals surface area contributed by atoms with Crippen molar-refractivity contribution in [2.45, 2.75) is 13.0 Å². The predicted octanol–water partition coefficient (Wildman–Crippen LogP) is 4.90. The number of aromatic nitrogens is 3. The maximum absolute atomic E-state index is 13.5. The Morgan fingerprint density at radius 2 is 1.70 bits per heavy atom. The average molecular weight is 438 g/mol. The molecule has 1 aromatic heterocycles. The standard InChI is InChI=1S/C26H23N5O2/c1-17-22(25(32)28-20-13-7-4-8-14-20)23(19-12-9-15-21(16-19)33-2)31-26(27-17)29-24(30-31)18-10-5-3-6-11-18/h3-16,22-23H,1-2H3,(H,28,32). The highest BCUT2D eigenvalue weighted by Gasteiger charge is 2.39. The number of aliphatic imine (C=N–C) groups is 1. The summed E-state index contributed by atoms with van der Waals surface area (Å²) in [5.74, 6) is 1.02. The molecule has 2 heterocycles. The largest absolute Gasteiger partial charge is 0.497 e. The van der Waals surface area contributed by atoms with Crippen LogP contribution in [0.4, 0.5) is 11.6 Å². The zero-order chi connectivity index (χ0) is 22.8. The van der Waals surface area contributed by atoms with Gasteiger partial charge in [0.05, 0.1) is 13.2 Å². The summed E-state index contributed by atoms with van der Waals surface area (Å²) in [7, 11) is 1.63. The van der Waals surface area contributed by atoms with Gasteiger partial charge in [-0.2, -0.15) is 4.98 Å². The molecule has 0 saturated heterocycles. The van der Waals surface area contributed by atoms with Gasteiger partial charge < -0.3 is 10.1 Å². The summed E-state index contributed by atoms with van der Waals surface area (Å²) in [6.07, 6.45) is 0. The van der Waals surface area contributed by atoms with Gasteiger partial charge in [0.25, 0.3) is 0 Å². The zero-order valence-electron chi connectivity index (χ0n) is 18.3. The van der Waals surface area contributed by atoms with Crippen LogP contribution in [0.3, 0.4) is 0 Å². The van der Waals surface area contributed by atoms with E-state index in [2.05, 4.69) is 15.3 Å². The highest BCUT2D eigenvalue weighted by molar-refractivity contribution is 6.10. The Morgan fingerprint density at radius 3 is 2.42 bits per heavy atom. The minimum absolute atomic E-state index is 0.155. The lowest BCUT2D eigenvalue weighted by Crippen LogP contribution is -2.39. The number of fused-ring (bicyclic) bond motifs is 1. The predicted molar refractivity (Wildman–Crippen MR) is 128 cm³/mol. The molecule has 5 rings (SSSR count). The Kier molecular flexibility index (Phi) is 5.44. The third-order valence-electron chi connectivity index (χ3n) is 5.71. The van der Waals surface area contributed by atoms with E-state index in [-0.39, 0.29) is 5.91 Å². The number of hydrogen-bond acceptors (Lipinski definition) is 5. The van der Waals surface area contributed by atoms with Crippen LogP contribution in [-0.2, 0) is 4.79 Å². The Hall–Kier alpha value is -4.26. The Labute approximate surface area is 191 Å². The number of para-hydroxylation sites is 1. The third kappa shape index (κ3) is 4.01. The first-order valence-corrected chi connectivity index (χ1v) is 10.7. The van der Waals surface area contributed by atoms with Crippen LogP contribution in [-0.4, -0.2) is 33.5 Å². The lowest BCUT2D eigenvalue weighted by Gasteiger charge is -2.30. The SMILES string of the molecule is COc1cccc(C2C(C(=O)Nc3ccccc3)C(C)=Nc3nc(-c4ccccc4)nn32)c1. The number of carbonyl (C=O) groups is 1. The molecule has 3 aromatic carbocycles. The molecule has 2 unspecified atom stereocenters. The number of nitrogens with zero attached hydrogens (tertiary/aromatic N) is 4. The van der Waals surface area contributed by atoms with E-state index in [1.165, 1.54) is 0 Å². The van der Waals surface area contributed by atoms with E-state index in [0.717, 1.165) is 16.8 Å². The Morgan fingerprint density at radius 1 is 0.970 bits per heavy atom. The van der Waals surface area contributed by atoms with E-state index in [1.807, 2.05) is 91.9 Å². The van der Waals surface area contributed by atoms with E-state index in [0.29, 0.717) is 23.2 Å². The number of rotatable bonds is 5. The second-order valence-electron chi connectivity index (χ2n) is 7.85. The Balaban J connectivity index is 1.61. The van der Waals surface area contributed by atoms with Gasteiger partial charge >= 0.3 is 0 Å². The molecule has 7 nitrogen and oxygen atoms in total. The first-order valence-electron chi connectivity index (χ1n) is 10.7. The summed E-state index contributed by atoms with van der Waals surface area (Å²) in [5.41, 5.74) is 3.19. The zero-order valence-corrected chi connectivity index (χ0v) is 18.3. The average Bonchev–Trinajstić information content (AvgIpc) is 3.28. The summed E-state index contributed by atoms with van der Waals surface area (Å²) in [4.78, 5) is 22.9. The fraction of sp³-hybridized carbons (Fsp3) is 0.154. The minimum Gasteiger partial charge on any atom is -0.497 e. The lowest BCUT2D eigenvalue weighted by molar-refractivity contribution is -0.118. The summed E-state index contributed by atoms with van der Waals surface area (Å²) in [6, 6.07) is 26.4. The highest BCUT2D eigenvalue weighted by Crippen LogP contribution is 2.38. The number of ether oxygens (including phenoxy) is 1. The molecule has 1 aliphatic rings. The van der Waals surface area contributed by atoms with Gasteiger partial charge in [0.1, 0.15) is 11.7 Å². The first kappa shape index (κ1) is 20.6. The van der Waals surface area contributed by atoms with Crippen LogP contribution in [0.25, 0.3) is 11.4 Å². The van der Waals surface area contributed by atoms with Gasteiger partial charge in [-0.1, -0.05) is 60.7 Å². The van der Waals surface area contributed by atoms with Crippen molar-refractivity contribution in [3.05, 3.63) is 90.5 Å². The number of nitrogens with one attached hydrogen (secondary N) is 1. The monoisotopic (exact) mass is 437 g/mol. The molecule has 1 amide bonds. The summed E-state index contributed by atoms with van der Waals surface area (Å²) >= 11 is 0. The van der Waals surface area contributed by atoms with E-state index in [9.17, 15) is 4.79 Å². The van der Waals surface area contributed by atoms with Crippen LogP contribution >= 0.6 is 0 Å². The van der Waals surface area contributed by atoms with Crippen LogP contribution < -0.4 is 10.1 Å². The van der Waals surface area contributed by atoms with Gasteiger partial charge in [-0.05, 0) is 36.8 Å². The van der Waals surface area contributed by atoms with E-state index < -0.39 is 12.0 Å². The van der Waals surface area contributed by atoms with Crippen LogP contribution in [0, 0.1) is 5.92 Å². The second-order valence-corrected chi connectivity index (χ2v) is 7.85. The van der Waals surface area contributed by atoms with Gasteiger partial charge in [0.15, 0.2) is 5.82 Å². The van der Waals surface area contributed by atoms with Crippen molar-refractivity contribution in [1.82, 2.24) is 14.8 Å². The molecule has 0 radical (unpaired) electrons. The lowest BCUT2D eigenvalue weighted by atomic mass is 9.87. The first-order chi connectivity index (χ1) is 16.1. The van der Waals surface area contributed by atoms with Crippen molar-refractivity contribution in [2.24, 2.45) is 10.9 Å². The number of hydrogen-bond donors (Lipinski definition) is 1. The van der Waals surface area contributed by atoms with E-state index in [4.69, 9.17) is 9.84 Å². The van der Waals surface area contributed by atoms with Crippen LogP contribution in [0.15, 0.2) is 89.9 Å².